The lowest BCUT2D eigenvalue weighted by molar-refractivity contribution is -0.387. The van der Waals surface area contributed by atoms with Gasteiger partial charge in [0.15, 0.2) is 0 Å². The number of nitro benzene ring substituents is 1. The molecule has 0 unspecified atom stereocenters. The van der Waals surface area contributed by atoms with Crippen LogP contribution in [-0.4, -0.2) is 23.1 Å². The summed E-state index contributed by atoms with van der Waals surface area (Å²) in [6.45, 7) is 0. The summed E-state index contributed by atoms with van der Waals surface area (Å²) in [5.41, 5.74) is -0.410. The fourth-order valence-electron chi connectivity index (χ4n) is 1.38. The van der Waals surface area contributed by atoms with E-state index in [4.69, 9.17) is 11.6 Å². The summed E-state index contributed by atoms with van der Waals surface area (Å²) in [6, 6.07) is 9.18. The molecule has 2 rings (SSSR count). The van der Waals surface area contributed by atoms with Crippen molar-refractivity contribution < 1.29 is 24.0 Å². The number of carbonyl (C=O) groups excluding carboxylic acids is 1. The minimum atomic E-state index is -0.799. The number of nitro groups is 1. The maximum absolute atomic E-state index is 12.4. The molecule has 0 bridgehead atoms. The molecule has 0 aromatic heterocycles. The Bertz CT molecular complexity index is 693. The van der Waals surface area contributed by atoms with Crippen molar-refractivity contribution in [2.24, 2.45) is 0 Å². The Morgan fingerprint density at radius 3 is 2.45 bits per heavy atom. The average molecular weight is 328 g/mol. The van der Waals surface area contributed by atoms with Crippen molar-refractivity contribution in [3.05, 3.63) is 69.0 Å². The Kier molecular flexibility index (Phi) is 6.27. The molecule has 0 heterocycles. The van der Waals surface area contributed by atoms with Gasteiger partial charge in [0.1, 0.15) is 11.3 Å². The molecular formula is C14H11ClFNO5. The molecule has 22 heavy (non-hydrogen) atoms. The zero-order valence-corrected chi connectivity index (χ0v) is 12.1. The van der Waals surface area contributed by atoms with E-state index in [2.05, 4.69) is 4.74 Å². The third-order valence-electron chi connectivity index (χ3n) is 2.41. The van der Waals surface area contributed by atoms with Crippen LogP contribution >= 0.6 is 11.6 Å². The maximum Gasteiger partial charge on any atom is 0.341 e. The smallest absolute Gasteiger partial charge is 0.341 e. The van der Waals surface area contributed by atoms with E-state index in [9.17, 15) is 24.4 Å². The summed E-state index contributed by atoms with van der Waals surface area (Å²) in [5, 5.41) is 19.5. The zero-order chi connectivity index (χ0) is 16.7. The molecule has 0 amide bonds. The van der Waals surface area contributed by atoms with Crippen molar-refractivity contribution in [1.29, 1.82) is 0 Å². The first kappa shape index (κ1) is 17.4. The van der Waals surface area contributed by atoms with Crippen LogP contribution in [0.4, 0.5) is 10.1 Å². The largest absolute Gasteiger partial charge is 0.507 e. The molecule has 0 aliphatic heterocycles. The van der Waals surface area contributed by atoms with Crippen molar-refractivity contribution >= 4 is 23.3 Å². The minimum absolute atomic E-state index is 0.0741. The summed E-state index contributed by atoms with van der Waals surface area (Å²) in [6.07, 6.45) is 0. The summed E-state index contributed by atoms with van der Waals surface area (Å²) < 4.78 is 16.8. The van der Waals surface area contributed by atoms with Crippen LogP contribution in [0, 0.1) is 15.9 Å². The minimum Gasteiger partial charge on any atom is -0.507 e. The van der Waals surface area contributed by atoms with Gasteiger partial charge in [0.2, 0.25) is 5.82 Å². The van der Waals surface area contributed by atoms with E-state index in [0.29, 0.717) is 5.02 Å². The molecule has 0 fully saturated rings. The Morgan fingerprint density at radius 2 is 1.95 bits per heavy atom. The second-order valence-electron chi connectivity index (χ2n) is 3.86. The van der Waals surface area contributed by atoms with E-state index in [1.165, 1.54) is 37.4 Å². The Morgan fingerprint density at radius 1 is 1.32 bits per heavy atom. The third-order valence-corrected chi connectivity index (χ3v) is 2.65. The van der Waals surface area contributed by atoms with Crippen molar-refractivity contribution in [1.82, 2.24) is 0 Å². The van der Waals surface area contributed by atoms with Crippen LogP contribution in [0.3, 0.4) is 0 Å². The Labute approximate surface area is 129 Å². The fraction of sp³-hybridized carbons (Fsp3) is 0.0714. The molecular weight excluding hydrogens is 317 g/mol. The fourth-order valence-corrected chi connectivity index (χ4v) is 1.55. The van der Waals surface area contributed by atoms with Gasteiger partial charge in [-0.15, -0.1) is 0 Å². The van der Waals surface area contributed by atoms with Crippen LogP contribution in [0.2, 0.25) is 5.02 Å². The number of rotatable bonds is 2. The molecule has 0 atom stereocenters. The van der Waals surface area contributed by atoms with Gasteiger partial charge < -0.3 is 9.84 Å². The highest BCUT2D eigenvalue weighted by atomic mass is 35.5. The number of phenolic OH excluding ortho intramolecular Hbond substituents is 1. The highest BCUT2D eigenvalue weighted by Gasteiger charge is 2.11. The van der Waals surface area contributed by atoms with Crippen molar-refractivity contribution in [3.8, 4) is 5.75 Å². The second kappa shape index (κ2) is 7.94. The zero-order valence-electron chi connectivity index (χ0n) is 11.3. The summed E-state index contributed by atoms with van der Waals surface area (Å²) in [5.74, 6) is -1.53. The van der Waals surface area contributed by atoms with Crippen LogP contribution < -0.4 is 0 Å². The van der Waals surface area contributed by atoms with Crippen LogP contribution in [-0.2, 0) is 4.74 Å². The molecule has 6 nitrogen and oxygen atoms in total. The number of hydrogen-bond acceptors (Lipinski definition) is 5. The molecule has 0 saturated heterocycles. The molecule has 2 aromatic rings. The van der Waals surface area contributed by atoms with E-state index in [-0.39, 0.29) is 11.3 Å². The van der Waals surface area contributed by atoms with E-state index in [1.54, 1.807) is 0 Å². The van der Waals surface area contributed by atoms with Crippen LogP contribution in [0.1, 0.15) is 10.4 Å². The average Bonchev–Trinajstić information content (AvgIpc) is 2.49. The summed E-state index contributed by atoms with van der Waals surface area (Å²) in [4.78, 5) is 20.2. The van der Waals surface area contributed by atoms with Crippen molar-refractivity contribution in [2.45, 2.75) is 0 Å². The first-order chi connectivity index (χ1) is 10.4. The number of para-hydroxylation sites is 1. The number of ether oxygens (including phenoxy) is 1. The van der Waals surface area contributed by atoms with E-state index >= 15 is 0 Å². The Hall–Kier alpha value is -2.67. The molecule has 1 N–H and O–H groups in total. The SMILES string of the molecule is COC(=O)c1cc(Cl)ccc1O.O=[N+]([O-])c1ccccc1F. The molecule has 116 valence electrons. The lowest BCUT2D eigenvalue weighted by Gasteiger charge is -2.01. The van der Waals surface area contributed by atoms with Gasteiger partial charge in [0.25, 0.3) is 0 Å². The predicted octanol–water partition coefficient (Wildman–Crippen LogP) is 3.57. The molecule has 0 aliphatic carbocycles. The maximum atomic E-state index is 12.4. The van der Waals surface area contributed by atoms with E-state index in [0.717, 1.165) is 12.1 Å². The second-order valence-corrected chi connectivity index (χ2v) is 4.30. The van der Waals surface area contributed by atoms with Gasteiger partial charge in [-0.2, -0.15) is 4.39 Å². The van der Waals surface area contributed by atoms with E-state index in [1.807, 2.05) is 0 Å². The van der Waals surface area contributed by atoms with Crippen molar-refractivity contribution in [3.63, 3.8) is 0 Å². The van der Waals surface area contributed by atoms with Gasteiger partial charge >= 0.3 is 11.7 Å². The number of phenols is 1. The number of methoxy groups -OCH3 is 1. The molecule has 0 aliphatic rings. The number of nitrogens with zero attached hydrogens (tertiary/aromatic N) is 1. The van der Waals surface area contributed by atoms with Crippen LogP contribution in [0.25, 0.3) is 0 Å². The topological polar surface area (TPSA) is 89.7 Å². The van der Waals surface area contributed by atoms with Gasteiger partial charge in [-0.1, -0.05) is 23.7 Å². The van der Waals surface area contributed by atoms with Crippen LogP contribution in [0.5, 0.6) is 5.75 Å². The van der Waals surface area contributed by atoms with Gasteiger partial charge in [-0.25, -0.2) is 4.79 Å². The molecule has 0 radical (unpaired) electrons. The number of hydrogen-bond donors (Lipinski definition) is 1. The molecule has 0 saturated carbocycles. The van der Waals surface area contributed by atoms with Gasteiger partial charge in [0, 0.05) is 11.1 Å². The number of esters is 1. The van der Waals surface area contributed by atoms with Crippen molar-refractivity contribution in [2.75, 3.05) is 7.11 Å². The third kappa shape index (κ3) is 4.71. The molecule has 8 heteroatoms. The summed E-state index contributed by atoms with van der Waals surface area (Å²) in [7, 11) is 1.24. The number of carbonyl (C=O) groups is 1. The predicted molar refractivity (Wildman–Crippen MR) is 77.5 cm³/mol. The lowest BCUT2D eigenvalue weighted by Crippen LogP contribution is -2.00. The van der Waals surface area contributed by atoms with Gasteiger partial charge in [-0.3, -0.25) is 10.1 Å². The first-order valence-electron chi connectivity index (χ1n) is 5.82. The molecule has 2 aromatic carbocycles. The lowest BCUT2D eigenvalue weighted by atomic mass is 10.2. The van der Waals surface area contributed by atoms with Gasteiger partial charge in [0.05, 0.1) is 12.0 Å². The number of aromatic hydroxyl groups is 1. The normalized spacial score (nSPS) is 9.41. The van der Waals surface area contributed by atoms with Gasteiger partial charge in [-0.05, 0) is 24.3 Å². The number of halogens is 2. The van der Waals surface area contributed by atoms with Crippen LogP contribution in [0.15, 0.2) is 42.5 Å². The van der Waals surface area contributed by atoms with E-state index < -0.39 is 22.4 Å². The molecule has 0 spiro atoms. The Balaban J connectivity index is 0.000000224. The highest BCUT2D eigenvalue weighted by Crippen LogP contribution is 2.21. The first-order valence-corrected chi connectivity index (χ1v) is 6.20. The standard InChI is InChI=1S/C8H7ClO3.C6H4FNO2/c1-12-8(11)6-4-5(9)2-3-7(6)10;7-5-3-1-2-4-6(5)8(9)10/h2-4,10H,1H3;1-4H. The monoisotopic (exact) mass is 327 g/mol. The quantitative estimate of drug-likeness (QED) is 0.517. The number of benzene rings is 2. The summed E-state index contributed by atoms with van der Waals surface area (Å²) >= 11 is 5.60. The highest BCUT2D eigenvalue weighted by molar-refractivity contribution is 6.31.